The second kappa shape index (κ2) is 8.70. The second-order valence-electron chi connectivity index (χ2n) is 7.80. The highest BCUT2D eigenvalue weighted by Gasteiger charge is 2.34. The van der Waals surface area contributed by atoms with E-state index in [-0.39, 0.29) is 18.0 Å². The van der Waals surface area contributed by atoms with Crippen LogP contribution in [0.15, 0.2) is 24.3 Å². The first-order chi connectivity index (χ1) is 12.1. The average Bonchev–Trinajstić information content (AvgIpc) is 3.16. The summed E-state index contributed by atoms with van der Waals surface area (Å²) in [6.45, 7) is 3.19. The van der Waals surface area contributed by atoms with Crippen molar-refractivity contribution >= 4 is 5.91 Å². The molecule has 1 aromatic carbocycles. The molecule has 1 amide bonds. The normalized spacial score (nSPS) is 23.5. The van der Waals surface area contributed by atoms with Crippen LogP contribution in [0.25, 0.3) is 0 Å². The largest absolute Gasteiger partial charge is 0.508 e. The molecule has 2 N–H and O–H groups in total. The van der Waals surface area contributed by atoms with Gasteiger partial charge in [-0.15, -0.1) is 0 Å². The Labute approximate surface area is 151 Å². The van der Waals surface area contributed by atoms with Gasteiger partial charge in [0.1, 0.15) is 5.75 Å². The lowest BCUT2D eigenvalue weighted by Gasteiger charge is -2.39. The first-order valence-corrected chi connectivity index (χ1v) is 9.97. The van der Waals surface area contributed by atoms with Crippen LogP contribution in [0, 0.1) is 0 Å². The van der Waals surface area contributed by atoms with E-state index in [0.717, 1.165) is 25.8 Å². The number of carbonyl (C=O) groups excluding carboxylic acids is 1. The average molecular weight is 344 g/mol. The molecule has 2 atom stereocenters. The number of piperidine rings is 1. The third kappa shape index (κ3) is 4.97. The van der Waals surface area contributed by atoms with Gasteiger partial charge in [0, 0.05) is 12.1 Å². The van der Waals surface area contributed by atoms with Gasteiger partial charge in [0.25, 0.3) is 0 Å². The molecule has 4 nitrogen and oxygen atoms in total. The zero-order chi connectivity index (χ0) is 17.6. The third-order valence-corrected chi connectivity index (χ3v) is 5.83. The number of rotatable bonds is 6. The Balaban J connectivity index is 1.50. The smallest absolute Gasteiger partial charge is 0.237 e. The van der Waals surface area contributed by atoms with Gasteiger partial charge in [0.15, 0.2) is 0 Å². The summed E-state index contributed by atoms with van der Waals surface area (Å²) in [5.41, 5.74) is 1.20. The van der Waals surface area contributed by atoms with E-state index in [9.17, 15) is 9.90 Å². The molecule has 4 heteroatoms. The van der Waals surface area contributed by atoms with E-state index in [2.05, 4.69) is 17.1 Å². The standard InChI is InChI=1S/C21H32N2O2/c1-16(9-10-17-11-13-19(24)14-12-17)22-21(25)20-8-4-5-15-23(20)18-6-2-3-7-18/h11-14,16,18,20,24H,2-10,15H2,1H3,(H,22,25)/t16-,20+/m1/s1. The van der Waals surface area contributed by atoms with Crippen molar-refractivity contribution in [3.05, 3.63) is 29.8 Å². The fraction of sp³-hybridized carbons (Fsp3) is 0.667. The lowest BCUT2D eigenvalue weighted by molar-refractivity contribution is -0.129. The summed E-state index contributed by atoms with van der Waals surface area (Å²) in [5, 5.41) is 12.6. The van der Waals surface area contributed by atoms with Crippen molar-refractivity contribution in [3.8, 4) is 5.75 Å². The lowest BCUT2D eigenvalue weighted by Crippen LogP contribution is -2.54. The van der Waals surface area contributed by atoms with Crippen molar-refractivity contribution in [2.75, 3.05) is 6.54 Å². The molecule has 1 saturated carbocycles. The maximum atomic E-state index is 12.8. The zero-order valence-electron chi connectivity index (χ0n) is 15.4. The number of nitrogens with one attached hydrogen (secondary N) is 1. The molecule has 0 spiro atoms. The summed E-state index contributed by atoms with van der Waals surface area (Å²) >= 11 is 0. The number of aromatic hydroxyl groups is 1. The molecule has 1 aliphatic carbocycles. The van der Waals surface area contributed by atoms with Gasteiger partial charge in [-0.3, -0.25) is 9.69 Å². The summed E-state index contributed by atoms with van der Waals surface area (Å²) in [5.74, 6) is 0.527. The van der Waals surface area contributed by atoms with E-state index in [0.29, 0.717) is 11.8 Å². The molecule has 138 valence electrons. The zero-order valence-corrected chi connectivity index (χ0v) is 15.4. The highest BCUT2D eigenvalue weighted by molar-refractivity contribution is 5.82. The van der Waals surface area contributed by atoms with E-state index in [1.165, 1.54) is 44.1 Å². The minimum absolute atomic E-state index is 0.0768. The Morgan fingerprint density at radius 1 is 1.16 bits per heavy atom. The van der Waals surface area contributed by atoms with Gasteiger partial charge in [-0.25, -0.2) is 0 Å². The molecule has 1 aliphatic heterocycles. The van der Waals surface area contributed by atoms with E-state index < -0.39 is 0 Å². The van der Waals surface area contributed by atoms with E-state index >= 15 is 0 Å². The van der Waals surface area contributed by atoms with Crippen LogP contribution in [0.4, 0.5) is 0 Å². The Kier molecular flexibility index (Phi) is 6.35. The van der Waals surface area contributed by atoms with Crippen LogP contribution < -0.4 is 5.32 Å². The molecule has 0 aromatic heterocycles. The molecule has 25 heavy (non-hydrogen) atoms. The molecule has 0 bridgehead atoms. The second-order valence-corrected chi connectivity index (χ2v) is 7.80. The maximum Gasteiger partial charge on any atom is 0.237 e. The van der Waals surface area contributed by atoms with Crippen LogP contribution >= 0.6 is 0 Å². The number of amides is 1. The predicted octanol–water partition coefficient (Wildman–Crippen LogP) is 3.63. The number of hydrogen-bond donors (Lipinski definition) is 2. The van der Waals surface area contributed by atoms with Crippen LogP contribution in [0.1, 0.15) is 63.9 Å². The summed E-state index contributed by atoms with van der Waals surface area (Å²) in [6.07, 6.45) is 10.4. The van der Waals surface area contributed by atoms with E-state index in [1.807, 2.05) is 12.1 Å². The monoisotopic (exact) mass is 344 g/mol. The first kappa shape index (κ1) is 18.2. The van der Waals surface area contributed by atoms with Gasteiger partial charge in [-0.05, 0) is 69.7 Å². The Morgan fingerprint density at radius 2 is 1.84 bits per heavy atom. The van der Waals surface area contributed by atoms with Gasteiger partial charge in [-0.2, -0.15) is 0 Å². The molecular weight excluding hydrogens is 312 g/mol. The van der Waals surface area contributed by atoms with Gasteiger partial charge in [0.05, 0.1) is 6.04 Å². The highest BCUT2D eigenvalue weighted by Crippen LogP contribution is 2.29. The minimum atomic E-state index is 0.0768. The number of nitrogens with zero attached hydrogens (tertiary/aromatic N) is 1. The van der Waals surface area contributed by atoms with Crippen molar-refractivity contribution in [1.29, 1.82) is 0 Å². The lowest BCUT2D eigenvalue weighted by atomic mass is 9.97. The van der Waals surface area contributed by atoms with Crippen LogP contribution in [-0.4, -0.2) is 40.6 Å². The Hall–Kier alpha value is -1.55. The molecule has 0 unspecified atom stereocenters. The number of benzene rings is 1. The predicted molar refractivity (Wildman–Crippen MR) is 101 cm³/mol. The number of aryl methyl sites for hydroxylation is 1. The maximum absolute atomic E-state index is 12.8. The van der Waals surface area contributed by atoms with Crippen LogP contribution in [0.3, 0.4) is 0 Å². The SMILES string of the molecule is C[C@H](CCc1ccc(O)cc1)NC(=O)[C@@H]1CCCCN1C1CCCC1. The summed E-state index contributed by atoms with van der Waals surface area (Å²) in [6, 6.07) is 8.23. The molecule has 1 saturated heterocycles. The number of likely N-dealkylation sites (tertiary alicyclic amines) is 1. The van der Waals surface area contributed by atoms with Gasteiger partial charge >= 0.3 is 0 Å². The molecule has 3 rings (SSSR count). The Bertz CT molecular complexity index is 552. The molecule has 2 aliphatic rings. The summed E-state index contributed by atoms with van der Waals surface area (Å²) < 4.78 is 0. The molecule has 2 fully saturated rings. The fourth-order valence-corrected chi connectivity index (χ4v) is 4.37. The van der Waals surface area contributed by atoms with Crippen molar-refractivity contribution in [3.63, 3.8) is 0 Å². The molecule has 1 aromatic rings. The number of phenolic OH excluding ortho intramolecular Hbond substituents is 1. The quantitative estimate of drug-likeness (QED) is 0.828. The summed E-state index contributed by atoms with van der Waals surface area (Å²) in [4.78, 5) is 15.3. The topological polar surface area (TPSA) is 52.6 Å². The van der Waals surface area contributed by atoms with Gasteiger partial charge in [0.2, 0.25) is 5.91 Å². The van der Waals surface area contributed by atoms with Crippen LogP contribution in [-0.2, 0) is 11.2 Å². The van der Waals surface area contributed by atoms with Crippen LogP contribution in [0.5, 0.6) is 5.75 Å². The van der Waals surface area contributed by atoms with Gasteiger partial charge < -0.3 is 10.4 Å². The number of phenols is 1. The van der Waals surface area contributed by atoms with Crippen molar-refractivity contribution in [2.24, 2.45) is 0 Å². The summed E-state index contributed by atoms with van der Waals surface area (Å²) in [7, 11) is 0. The van der Waals surface area contributed by atoms with E-state index in [4.69, 9.17) is 0 Å². The first-order valence-electron chi connectivity index (χ1n) is 9.97. The number of carbonyl (C=O) groups is 1. The Morgan fingerprint density at radius 3 is 2.56 bits per heavy atom. The molecular formula is C21H32N2O2. The van der Waals surface area contributed by atoms with E-state index in [1.54, 1.807) is 12.1 Å². The highest BCUT2D eigenvalue weighted by atomic mass is 16.3. The number of hydrogen-bond acceptors (Lipinski definition) is 3. The minimum Gasteiger partial charge on any atom is -0.508 e. The van der Waals surface area contributed by atoms with Crippen molar-refractivity contribution in [1.82, 2.24) is 10.2 Å². The van der Waals surface area contributed by atoms with Crippen LogP contribution in [0.2, 0.25) is 0 Å². The third-order valence-electron chi connectivity index (χ3n) is 5.83. The fourth-order valence-electron chi connectivity index (χ4n) is 4.37. The van der Waals surface area contributed by atoms with Crippen molar-refractivity contribution < 1.29 is 9.90 Å². The molecule has 1 heterocycles. The molecule has 0 radical (unpaired) electrons. The van der Waals surface area contributed by atoms with Crippen molar-refractivity contribution in [2.45, 2.75) is 82.8 Å². The van der Waals surface area contributed by atoms with Gasteiger partial charge in [-0.1, -0.05) is 31.4 Å².